The van der Waals surface area contributed by atoms with Crippen molar-refractivity contribution in [2.24, 2.45) is 93.5 Å². The lowest BCUT2D eigenvalue weighted by Gasteiger charge is -2.73. The van der Waals surface area contributed by atoms with Crippen LogP contribution in [0.1, 0.15) is 163 Å². The Morgan fingerprint density at radius 2 is 1.67 bits per heavy atom. The number of hydrogen-bond acceptors (Lipinski definition) is 8. The molecule has 0 radical (unpaired) electrons. The average Bonchev–Trinajstić information content (AvgIpc) is 4.00. The fourth-order valence-electron chi connectivity index (χ4n) is 22.6. The second-order valence-corrected chi connectivity index (χ2v) is 26.6. The molecule has 0 amide bonds. The van der Waals surface area contributed by atoms with Gasteiger partial charge in [0.15, 0.2) is 11.4 Å². The number of ether oxygens (including phenoxy) is 2. The molecule has 5 saturated heterocycles. The molecule has 8 aliphatic heterocycles. The highest BCUT2D eigenvalue weighted by atomic mass is 16.6. The van der Waals surface area contributed by atoms with Gasteiger partial charge in [0.1, 0.15) is 11.2 Å². The normalized spacial score (nSPS) is 47.7. The molecule has 17 rings (SSSR count). The zero-order valence-electron chi connectivity index (χ0n) is 41.4. The Hall–Kier alpha value is -3.36. The highest BCUT2D eigenvalue weighted by Crippen LogP contribution is 2.88. The van der Waals surface area contributed by atoms with Gasteiger partial charge in [-0.1, -0.05) is 93.4 Å². The van der Waals surface area contributed by atoms with Crippen LogP contribution in [0.3, 0.4) is 0 Å². The van der Waals surface area contributed by atoms with E-state index >= 15 is 9.59 Å². The summed E-state index contributed by atoms with van der Waals surface area (Å²) >= 11 is 0. The number of carbonyl (C=O) groups excluding carboxylic acids is 2. The summed E-state index contributed by atoms with van der Waals surface area (Å²) in [6.07, 6.45) is 30.1. The maximum atomic E-state index is 16.6. The van der Waals surface area contributed by atoms with E-state index in [1.807, 2.05) is 0 Å². The van der Waals surface area contributed by atoms with Gasteiger partial charge in [-0.05, 0) is 173 Å². The van der Waals surface area contributed by atoms with Crippen LogP contribution in [0.15, 0.2) is 64.3 Å². The second kappa shape index (κ2) is 14.7. The Balaban J connectivity index is 1.01. The number of piperidine rings is 3. The smallest absolute Gasteiger partial charge is 0.339 e. The number of benzene rings is 1. The summed E-state index contributed by atoms with van der Waals surface area (Å²) in [5.41, 5.74) is 12.0. The molecule has 16 aliphatic rings. The standard InChI is InChI=1S/C61H77N3O5/c1-32-25-38-19-21-47-40-26-41-31-63(47)53(38)50-43-22-23-59-56(55(65)45-28-39-18-20-42(34-11-3-2-4-12-34)54(45)64(30-40)52(39)41)68-58(67)60(59)48(61(59)46-15-7-13-35(14-8-24-62)49(46)57(66)69-61)29-36(33-9-5-6-10-33)16-17-37(51(43)60)27-44(32)50/h7,13,15-17,32-34,36-37,39-42,44-45,47-48,50,52,54,65H,2-6,8-12,14,18-31,62H2,1H3. The minimum atomic E-state index is -1.12. The summed E-state index contributed by atoms with van der Waals surface area (Å²) in [5, 5.41) is 14.2. The third kappa shape index (κ3) is 4.98. The van der Waals surface area contributed by atoms with Crippen molar-refractivity contribution in [3.05, 3.63) is 81.0 Å². The van der Waals surface area contributed by atoms with Crippen molar-refractivity contribution in [3.63, 3.8) is 0 Å². The number of aryl methyl sites for hydroxylation is 1. The van der Waals surface area contributed by atoms with E-state index in [4.69, 9.17) is 15.2 Å². The molecule has 1 aromatic rings. The largest absolute Gasteiger partial charge is 0.508 e. The van der Waals surface area contributed by atoms with Gasteiger partial charge in [0.25, 0.3) is 0 Å². The molecule has 17 unspecified atom stereocenters. The molecule has 8 heteroatoms. The van der Waals surface area contributed by atoms with Gasteiger partial charge in [0.05, 0.1) is 11.0 Å². The molecule has 1 aromatic carbocycles. The molecule has 0 aromatic heterocycles. The third-order valence-electron chi connectivity index (χ3n) is 24.5. The summed E-state index contributed by atoms with van der Waals surface area (Å²) in [5.74, 6) is 5.45. The van der Waals surface area contributed by atoms with Gasteiger partial charge < -0.3 is 25.2 Å². The van der Waals surface area contributed by atoms with E-state index in [1.165, 1.54) is 108 Å². The van der Waals surface area contributed by atoms with Crippen molar-refractivity contribution in [2.75, 3.05) is 19.6 Å². The van der Waals surface area contributed by atoms with E-state index in [1.54, 1.807) is 16.8 Å². The molecule has 9 fully saturated rings. The number of nitrogens with two attached hydrogens (primary N) is 1. The van der Waals surface area contributed by atoms with Gasteiger partial charge in [-0.25, -0.2) is 4.79 Å². The number of fused-ring (bicyclic) bond motifs is 8. The highest BCUT2D eigenvalue weighted by Gasteiger charge is 2.94. The monoisotopic (exact) mass is 932 g/mol. The van der Waals surface area contributed by atoms with Crippen LogP contribution in [-0.4, -0.2) is 64.6 Å². The van der Waals surface area contributed by atoms with Gasteiger partial charge in [-0.2, -0.15) is 0 Å². The molecular formula is C61H77N3O5. The molecule has 8 heterocycles. The van der Waals surface area contributed by atoms with Crippen molar-refractivity contribution in [3.8, 4) is 0 Å². The zero-order chi connectivity index (χ0) is 45.9. The lowest BCUT2D eigenvalue weighted by Crippen LogP contribution is -2.78. The Morgan fingerprint density at radius 3 is 2.52 bits per heavy atom. The van der Waals surface area contributed by atoms with Gasteiger partial charge in [0, 0.05) is 60.2 Å². The van der Waals surface area contributed by atoms with E-state index in [9.17, 15) is 5.11 Å². The molecular weight excluding hydrogens is 855 g/mol. The third-order valence-corrected chi connectivity index (χ3v) is 24.5. The summed E-state index contributed by atoms with van der Waals surface area (Å²) in [6, 6.07) is 7.81. The van der Waals surface area contributed by atoms with Gasteiger partial charge in [0.2, 0.25) is 0 Å². The molecule has 9 bridgehead atoms. The minimum absolute atomic E-state index is 0.109. The van der Waals surface area contributed by atoms with Crippen molar-refractivity contribution in [1.29, 1.82) is 0 Å². The maximum absolute atomic E-state index is 16.6. The van der Waals surface area contributed by atoms with Crippen LogP contribution in [0.25, 0.3) is 0 Å². The maximum Gasteiger partial charge on any atom is 0.339 e. The Kier molecular flexibility index (Phi) is 8.96. The van der Waals surface area contributed by atoms with E-state index in [0.29, 0.717) is 102 Å². The van der Waals surface area contributed by atoms with Crippen molar-refractivity contribution < 1.29 is 24.2 Å². The Labute approximate surface area is 410 Å². The number of hydrogen-bond donors (Lipinski definition) is 2. The lowest BCUT2D eigenvalue weighted by atomic mass is 9.27. The highest BCUT2D eigenvalue weighted by molar-refractivity contribution is 6.00. The Bertz CT molecular complexity index is 2560. The number of allylic oxidation sites excluding steroid dienone is 4. The summed E-state index contributed by atoms with van der Waals surface area (Å²) < 4.78 is 14.8. The minimum Gasteiger partial charge on any atom is -0.508 e. The number of aliphatic hydroxyl groups excluding tert-OH is 1. The van der Waals surface area contributed by atoms with E-state index in [0.717, 1.165) is 49.8 Å². The number of aliphatic hydroxyl groups is 1. The van der Waals surface area contributed by atoms with Crippen LogP contribution in [-0.2, 0) is 26.3 Å². The van der Waals surface area contributed by atoms with Gasteiger partial charge in [-0.15, -0.1) is 0 Å². The van der Waals surface area contributed by atoms with Crippen molar-refractivity contribution in [1.82, 2.24) is 9.80 Å². The molecule has 366 valence electrons. The van der Waals surface area contributed by atoms with Gasteiger partial charge >= 0.3 is 11.9 Å². The van der Waals surface area contributed by atoms with Gasteiger partial charge in [-0.3, -0.25) is 9.69 Å². The molecule has 69 heavy (non-hydrogen) atoms. The van der Waals surface area contributed by atoms with Crippen LogP contribution in [0.5, 0.6) is 0 Å². The van der Waals surface area contributed by atoms with E-state index in [2.05, 4.69) is 47.1 Å². The van der Waals surface area contributed by atoms with Crippen LogP contribution >= 0.6 is 0 Å². The summed E-state index contributed by atoms with van der Waals surface area (Å²) in [7, 11) is 0. The zero-order valence-corrected chi connectivity index (χ0v) is 41.4. The SMILES string of the molecule is CC1CC2=C3C4C5=C6C(C=CC(C7CCCC7)CC7C68C(=O)OC(=C(O)C6CC9CCC(C%10CCCCC%10)C6N6CC%10CC(CN3C%10CC2)C96)C8(CC5)C72OC(=O)c3c(CCCN)cccc32)CC14. The number of esters is 2. The van der Waals surface area contributed by atoms with E-state index in [-0.39, 0.29) is 41.7 Å². The molecule has 3 N–H and O–H groups in total. The number of carbonyl (C=O) groups is 2. The van der Waals surface area contributed by atoms with Crippen LogP contribution < -0.4 is 5.73 Å². The first-order valence-corrected chi connectivity index (χ1v) is 29.2. The molecule has 8 aliphatic carbocycles. The topological polar surface area (TPSA) is 105 Å². The number of nitrogens with zero attached hydrogens (tertiary/aromatic N) is 2. The van der Waals surface area contributed by atoms with Crippen LogP contribution in [0.2, 0.25) is 0 Å². The molecule has 8 nitrogen and oxygen atoms in total. The van der Waals surface area contributed by atoms with E-state index < -0.39 is 16.4 Å². The predicted molar refractivity (Wildman–Crippen MR) is 263 cm³/mol. The molecule has 3 spiro atoms. The first kappa shape index (κ1) is 42.2. The predicted octanol–water partition coefficient (Wildman–Crippen LogP) is 11.1. The number of rotatable bonds is 5. The van der Waals surface area contributed by atoms with Crippen molar-refractivity contribution >= 4 is 11.9 Å². The average molecular weight is 932 g/mol. The molecule has 17 atom stereocenters. The molecule has 4 saturated carbocycles. The first-order chi connectivity index (χ1) is 33.8. The lowest BCUT2D eigenvalue weighted by molar-refractivity contribution is -0.282. The Morgan fingerprint density at radius 1 is 0.826 bits per heavy atom. The first-order valence-electron chi connectivity index (χ1n) is 29.2. The van der Waals surface area contributed by atoms with Crippen molar-refractivity contribution in [2.45, 2.75) is 172 Å². The quantitative estimate of drug-likeness (QED) is 0.222. The summed E-state index contributed by atoms with van der Waals surface area (Å²) in [4.78, 5) is 38.0. The fraction of sp³-hybridized carbons (Fsp3) is 0.738. The second-order valence-electron chi connectivity index (χ2n) is 26.6. The fourth-order valence-corrected chi connectivity index (χ4v) is 22.6. The van der Waals surface area contributed by atoms with Crippen LogP contribution in [0, 0.1) is 87.8 Å². The summed E-state index contributed by atoms with van der Waals surface area (Å²) in [6.45, 7) is 5.45. The van der Waals surface area contributed by atoms with Crippen LogP contribution in [0.4, 0.5) is 0 Å².